The quantitative estimate of drug-likeness (QED) is 0.842. The van der Waals surface area contributed by atoms with Crippen molar-refractivity contribution in [1.82, 2.24) is 15.1 Å². The standard InChI is InChI=1S/C16H21BrFN3/c1-4-14-16(17)15(21(5-2)20-14)10-19-11(3)12-7-6-8-13(18)9-12/h6-9,11,19H,4-5,10H2,1-3H3. The van der Waals surface area contributed by atoms with Gasteiger partial charge in [0.2, 0.25) is 0 Å². The Labute approximate surface area is 133 Å². The molecule has 0 fully saturated rings. The molecule has 0 saturated heterocycles. The Morgan fingerprint density at radius 1 is 1.38 bits per heavy atom. The van der Waals surface area contributed by atoms with Crippen molar-refractivity contribution in [2.75, 3.05) is 0 Å². The first-order valence-electron chi connectivity index (χ1n) is 7.29. The maximum Gasteiger partial charge on any atom is 0.123 e. The molecule has 2 aromatic rings. The van der Waals surface area contributed by atoms with Crippen LogP contribution in [0.2, 0.25) is 0 Å². The lowest BCUT2D eigenvalue weighted by molar-refractivity contribution is 0.526. The lowest BCUT2D eigenvalue weighted by atomic mass is 10.1. The second-order valence-electron chi connectivity index (χ2n) is 5.03. The smallest absolute Gasteiger partial charge is 0.123 e. The van der Waals surface area contributed by atoms with E-state index in [2.05, 4.69) is 40.2 Å². The molecule has 1 aromatic carbocycles. The zero-order valence-electron chi connectivity index (χ0n) is 12.7. The highest BCUT2D eigenvalue weighted by Crippen LogP contribution is 2.23. The predicted molar refractivity (Wildman–Crippen MR) is 86.6 cm³/mol. The second-order valence-corrected chi connectivity index (χ2v) is 5.83. The molecule has 21 heavy (non-hydrogen) atoms. The van der Waals surface area contributed by atoms with Crippen molar-refractivity contribution in [1.29, 1.82) is 0 Å². The molecule has 5 heteroatoms. The Morgan fingerprint density at radius 2 is 2.14 bits per heavy atom. The molecule has 0 bridgehead atoms. The van der Waals surface area contributed by atoms with Gasteiger partial charge in [0.25, 0.3) is 0 Å². The van der Waals surface area contributed by atoms with Crippen molar-refractivity contribution < 1.29 is 4.39 Å². The Hall–Kier alpha value is -1.20. The highest BCUT2D eigenvalue weighted by atomic mass is 79.9. The van der Waals surface area contributed by atoms with Gasteiger partial charge in [-0.05, 0) is 53.9 Å². The van der Waals surface area contributed by atoms with Crippen LogP contribution in [-0.4, -0.2) is 9.78 Å². The zero-order valence-corrected chi connectivity index (χ0v) is 14.2. The average Bonchev–Trinajstić information content (AvgIpc) is 2.80. The summed E-state index contributed by atoms with van der Waals surface area (Å²) in [4.78, 5) is 0. The lowest BCUT2D eigenvalue weighted by Gasteiger charge is -2.15. The zero-order chi connectivity index (χ0) is 15.4. The van der Waals surface area contributed by atoms with Crippen LogP contribution in [0.15, 0.2) is 28.7 Å². The molecule has 0 amide bonds. The molecule has 1 unspecified atom stereocenters. The van der Waals surface area contributed by atoms with Crippen LogP contribution in [0.25, 0.3) is 0 Å². The SMILES string of the molecule is CCc1nn(CC)c(CNC(C)c2cccc(F)c2)c1Br. The molecule has 3 nitrogen and oxygen atoms in total. The van der Waals surface area contributed by atoms with Crippen LogP contribution in [0.3, 0.4) is 0 Å². The molecular weight excluding hydrogens is 333 g/mol. The van der Waals surface area contributed by atoms with Gasteiger partial charge in [0, 0.05) is 19.1 Å². The van der Waals surface area contributed by atoms with E-state index in [1.54, 1.807) is 12.1 Å². The third-order valence-corrected chi connectivity index (χ3v) is 4.53. The molecule has 0 aliphatic heterocycles. The van der Waals surface area contributed by atoms with Crippen molar-refractivity contribution in [2.45, 2.75) is 46.3 Å². The number of nitrogens with one attached hydrogen (secondary N) is 1. The van der Waals surface area contributed by atoms with Crippen molar-refractivity contribution in [3.05, 3.63) is 51.5 Å². The largest absolute Gasteiger partial charge is 0.305 e. The number of nitrogens with zero attached hydrogens (tertiary/aromatic N) is 2. The Bertz CT molecular complexity index is 610. The fourth-order valence-corrected chi connectivity index (χ4v) is 3.03. The predicted octanol–water partition coefficient (Wildman–Crippen LogP) is 4.22. The van der Waals surface area contributed by atoms with E-state index in [9.17, 15) is 4.39 Å². The summed E-state index contributed by atoms with van der Waals surface area (Å²) in [6.07, 6.45) is 0.903. The van der Waals surface area contributed by atoms with Crippen LogP contribution in [0.5, 0.6) is 0 Å². The van der Waals surface area contributed by atoms with Crippen LogP contribution in [-0.2, 0) is 19.5 Å². The van der Waals surface area contributed by atoms with E-state index < -0.39 is 0 Å². The highest BCUT2D eigenvalue weighted by Gasteiger charge is 2.15. The van der Waals surface area contributed by atoms with Gasteiger partial charge in [-0.1, -0.05) is 19.1 Å². The van der Waals surface area contributed by atoms with E-state index in [1.807, 2.05) is 17.7 Å². The van der Waals surface area contributed by atoms with Gasteiger partial charge in [0.1, 0.15) is 5.82 Å². The van der Waals surface area contributed by atoms with Gasteiger partial charge in [-0.3, -0.25) is 4.68 Å². The summed E-state index contributed by atoms with van der Waals surface area (Å²) in [7, 11) is 0. The Morgan fingerprint density at radius 3 is 2.76 bits per heavy atom. The minimum atomic E-state index is -0.200. The van der Waals surface area contributed by atoms with Crippen molar-refractivity contribution >= 4 is 15.9 Å². The van der Waals surface area contributed by atoms with Gasteiger partial charge in [-0.25, -0.2) is 4.39 Å². The van der Waals surface area contributed by atoms with Crippen molar-refractivity contribution in [2.24, 2.45) is 0 Å². The molecule has 1 N–H and O–H groups in total. The van der Waals surface area contributed by atoms with E-state index in [0.717, 1.165) is 34.4 Å². The van der Waals surface area contributed by atoms with Crippen molar-refractivity contribution in [3.63, 3.8) is 0 Å². The molecule has 0 spiro atoms. The highest BCUT2D eigenvalue weighted by molar-refractivity contribution is 9.10. The molecule has 0 aliphatic rings. The lowest BCUT2D eigenvalue weighted by Crippen LogP contribution is -2.20. The molecule has 114 valence electrons. The van der Waals surface area contributed by atoms with Crippen LogP contribution >= 0.6 is 15.9 Å². The van der Waals surface area contributed by atoms with Crippen LogP contribution in [0.1, 0.15) is 43.8 Å². The third-order valence-electron chi connectivity index (χ3n) is 3.62. The van der Waals surface area contributed by atoms with E-state index in [1.165, 1.54) is 6.07 Å². The number of halogens is 2. The number of hydrogen-bond donors (Lipinski definition) is 1. The molecule has 0 aliphatic carbocycles. The number of rotatable bonds is 6. The van der Waals surface area contributed by atoms with E-state index in [-0.39, 0.29) is 11.9 Å². The summed E-state index contributed by atoms with van der Waals surface area (Å²) in [5.41, 5.74) is 3.16. The number of hydrogen-bond acceptors (Lipinski definition) is 2. The maximum absolute atomic E-state index is 13.3. The second kappa shape index (κ2) is 7.18. The minimum absolute atomic E-state index is 0.0814. The van der Waals surface area contributed by atoms with E-state index >= 15 is 0 Å². The van der Waals surface area contributed by atoms with Gasteiger partial charge >= 0.3 is 0 Å². The first-order valence-corrected chi connectivity index (χ1v) is 8.09. The molecule has 2 rings (SSSR count). The fraction of sp³-hybridized carbons (Fsp3) is 0.438. The first kappa shape index (κ1) is 16.2. The summed E-state index contributed by atoms with van der Waals surface area (Å²) in [6, 6.07) is 6.79. The normalized spacial score (nSPS) is 12.6. The minimum Gasteiger partial charge on any atom is -0.305 e. The van der Waals surface area contributed by atoms with E-state index in [4.69, 9.17) is 0 Å². The number of benzene rings is 1. The van der Waals surface area contributed by atoms with Gasteiger partial charge in [-0.15, -0.1) is 0 Å². The molecule has 0 saturated carbocycles. The summed E-state index contributed by atoms with van der Waals surface area (Å²) in [6.45, 7) is 7.75. The molecule has 1 heterocycles. The van der Waals surface area contributed by atoms with E-state index in [0.29, 0.717) is 6.54 Å². The third kappa shape index (κ3) is 3.71. The van der Waals surface area contributed by atoms with Gasteiger partial charge in [0.15, 0.2) is 0 Å². The summed E-state index contributed by atoms with van der Waals surface area (Å²) < 4.78 is 16.4. The van der Waals surface area contributed by atoms with Crippen LogP contribution in [0, 0.1) is 5.82 Å². The van der Waals surface area contributed by atoms with Gasteiger partial charge in [-0.2, -0.15) is 5.10 Å². The van der Waals surface area contributed by atoms with Gasteiger partial charge in [0.05, 0.1) is 15.9 Å². The number of aryl methyl sites for hydroxylation is 2. The average molecular weight is 354 g/mol. The van der Waals surface area contributed by atoms with Crippen LogP contribution in [0.4, 0.5) is 4.39 Å². The monoisotopic (exact) mass is 353 g/mol. The van der Waals surface area contributed by atoms with Crippen LogP contribution < -0.4 is 5.32 Å². The number of aromatic nitrogens is 2. The molecule has 1 aromatic heterocycles. The Kier molecular flexibility index (Phi) is 5.53. The molecular formula is C16H21BrFN3. The van der Waals surface area contributed by atoms with Crippen molar-refractivity contribution in [3.8, 4) is 0 Å². The van der Waals surface area contributed by atoms with Gasteiger partial charge < -0.3 is 5.32 Å². The molecule has 0 radical (unpaired) electrons. The summed E-state index contributed by atoms with van der Waals surface area (Å²) in [5, 5.41) is 8.02. The molecule has 1 atom stereocenters. The summed E-state index contributed by atoms with van der Waals surface area (Å²) >= 11 is 3.64. The maximum atomic E-state index is 13.3. The topological polar surface area (TPSA) is 29.9 Å². The fourth-order valence-electron chi connectivity index (χ4n) is 2.33. The summed E-state index contributed by atoms with van der Waals surface area (Å²) in [5.74, 6) is -0.200. The Balaban J connectivity index is 2.11. The first-order chi connectivity index (χ1) is 10.1.